The molecule has 1 aliphatic rings. The van der Waals surface area contributed by atoms with Gasteiger partial charge in [0.25, 0.3) is 5.78 Å². The summed E-state index contributed by atoms with van der Waals surface area (Å²) in [6.07, 6.45) is 4.21. The number of aliphatic carboxylic acids is 1. The van der Waals surface area contributed by atoms with Crippen molar-refractivity contribution in [2.75, 3.05) is 0 Å². The molecule has 0 spiro atoms. The monoisotopic (exact) mass is 304 g/mol. The van der Waals surface area contributed by atoms with Crippen molar-refractivity contribution in [2.24, 2.45) is 11.8 Å². The molecule has 1 saturated carbocycles. The van der Waals surface area contributed by atoms with Crippen LogP contribution in [0.3, 0.4) is 0 Å². The lowest BCUT2D eigenvalue weighted by Crippen LogP contribution is -2.37. The maximum atomic E-state index is 12.1. The van der Waals surface area contributed by atoms with Crippen molar-refractivity contribution in [1.29, 1.82) is 0 Å². The molecule has 0 aliphatic heterocycles. The Morgan fingerprint density at radius 1 is 1.09 bits per heavy atom. The molecule has 1 fully saturated rings. The SMILES string of the molecule is O=C(OCc1ccccc1)C(=O)[C@H](C(=O)O)C1CCCCC1. The number of benzene rings is 1. The zero-order valence-electron chi connectivity index (χ0n) is 12.4. The standard InChI is InChI=1S/C17H20O5/c18-15(14(16(19)20)13-9-5-2-6-10-13)17(21)22-11-12-7-3-1-4-8-12/h1,3-4,7-8,13-14H,2,5-6,9-11H2,(H,19,20)/t14-/m1/s1. The van der Waals surface area contributed by atoms with Crippen molar-refractivity contribution in [2.45, 2.75) is 38.7 Å². The van der Waals surface area contributed by atoms with Gasteiger partial charge >= 0.3 is 11.9 Å². The minimum atomic E-state index is -1.27. The minimum absolute atomic E-state index is 0.0254. The number of ketones is 1. The summed E-state index contributed by atoms with van der Waals surface area (Å²) in [5.41, 5.74) is 0.758. The van der Waals surface area contributed by atoms with Crippen LogP contribution in [-0.4, -0.2) is 22.8 Å². The Balaban J connectivity index is 1.97. The number of carboxylic acid groups (broad SMARTS) is 1. The molecule has 0 saturated heterocycles. The predicted molar refractivity (Wildman–Crippen MR) is 78.9 cm³/mol. The lowest BCUT2D eigenvalue weighted by atomic mass is 9.78. The van der Waals surface area contributed by atoms with E-state index in [-0.39, 0.29) is 12.5 Å². The second kappa shape index (κ2) is 7.73. The summed E-state index contributed by atoms with van der Waals surface area (Å²) >= 11 is 0. The highest BCUT2D eigenvalue weighted by molar-refractivity contribution is 6.37. The third-order valence-corrected chi connectivity index (χ3v) is 4.08. The van der Waals surface area contributed by atoms with Crippen molar-refractivity contribution in [3.05, 3.63) is 35.9 Å². The molecule has 5 nitrogen and oxygen atoms in total. The number of Topliss-reactive ketones (excluding diaryl/α,β-unsaturated/α-hetero) is 1. The molecule has 1 N–H and O–H groups in total. The zero-order valence-corrected chi connectivity index (χ0v) is 12.4. The Bertz CT molecular complexity index is 531. The van der Waals surface area contributed by atoms with Gasteiger partial charge in [0, 0.05) is 0 Å². The fourth-order valence-corrected chi connectivity index (χ4v) is 2.92. The summed E-state index contributed by atoms with van der Waals surface area (Å²) in [4.78, 5) is 35.4. The zero-order chi connectivity index (χ0) is 15.9. The number of esters is 1. The van der Waals surface area contributed by atoms with Crippen molar-refractivity contribution in [1.82, 2.24) is 0 Å². The van der Waals surface area contributed by atoms with E-state index in [2.05, 4.69) is 0 Å². The molecule has 1 aromatic carbocycles. The highest BCUT2D eigenvalue weighted by Gasteiger charge is 2.39. The molecule has 2 rings (SSSR count). The van der Waals surface area contributed by atoms with E-state index in [9.17, 15) is 19.5 Å². The van der Waals surface area contributed by atoms with E-state index in [4.69, 9.17) is 4.74 Å². The first-order valence-corrected chi connectivity index (χ1v) is 7.57. The quantitative estimate of drug-likeness (QED) is 0.496. The molecule has 22 heavy (non-hydrogen) atoms. The largest absolute Gasteiger partial charge is 0.481 e. The van der Waals surface area contributed by atoms with E-state index in [0.29, 0.717) is 12.8 Å². The van der Waals surface area contributed by atoms with Crippen molar-refractivity contribution in [3.8, 4) is 0 Å². The summed E-state index contributed by atoms with van der Waals surface area (Å²) in [7, 11) is 0. The second-order valence-corrected chi connectivity index (χ2v) is 5.64. The Labute approximate surface area is 129 Å². The Morgan fingerprint density at radius 3 is 2.32 bits per heavy atom. The van der Waals surface area contributed by atoms with Gasteiger partial charge in [-0.2, -0.15) is 0 Å². The summed E-state index contributed by atoms with van der Waals surface area (Å²) < 4.78 is 4.96. The molecule has 0 radical (unpaired) electrons. The highest BCUT2D eigenvalue weighted by atomic mass is 16.5. The van der Waals surface area contributed by atoms with Crippen LogP contribution < -0.4 is 0 Å². The van der Waals surface area contributed by atoms with E-state index < -0.39 is 23.6 Å². The number of carbonyl (C=O) groups excluding carboxylic acids is 2. The van der Waals surface area contributed by atoms with Crippen LogP contribution in [0.15, 0.2) is 30.3 Å². The van der Waals surface area contributed by atoms with Gasteiger partial charge in [-0.25, -0.2) is 4.79 Å². The van der Waals surface area contributed by atoms with Gasteiger partial charge in [-0.1, -0.05) is 49.6 Å². The molecule has 1 aromatic rings. The van der Waals surface area contributed by atoms with Gasteiger partial charge in [0.15, 0.2) is 0 Å². The number of carboxylic acids is 1. The van der Waals surface area contributed by atoms with Gasteiger partial charge in [0.05, 0.1) is 0 Å². The number of rotatable bonds is 6. The first-order valence-electron chi connectivity index (χ1n) is 7.57. The van der Waals surface area contributed by atoms with Crippen molar-refractivity contribution < 1.29 is 24.2 Å². The highest BCUT2D eigenvalue weighted by Crippen LogP contribution is 2.31. The maximum Gasteiger partial charge on any atom is 0.375 e. The van der Waals surface area contributed by atoms with Gasteiger partial charge in [-0.05, 0) is 24.3 Å². The molecule has 0 bridgehead atoms. The number of carbonyl (C=O) groups is 3. The molecule has 1 atom stereocenters. The van der Waals surface area contributed by atoms with E-state index in [1.54, 1.807) is 24.3 Å². The van der Waals surface area contributed by atoms with Crippen LogP contribution in [0.4, 0.5) is 0 Å². The maximum absolute atomic E-state index is 12.1. The molecule has 0 heterocycles. The topological polar surface area (TPSA) is 80.7 Å². The van der Waals surface area contributed by atoms with E-state index >= 15 is 0 Å². The second-order valence-electron chi connectivity index (χ2n) is 5.64. The average molecular weight is 304 g/mol. The van der Waals surface area contributed by atoms with E-state index in [1.807, 2.05) is 6.07 Å². The summed E-state index contributed by atoms with van der Waals surface area (Å²) in [6, 6.07) is 8.97. The van der Waals surface area contributed by atoms with Crippen LogP contribution in [-0.2, 0) is 25.7 Å². The number of ether oxygens (including phenoxy) is 1. The molecule has 0 amide bonds. The van der Waals surface area contributed by atoms with Crippen LogP contribution in [0.1, 0.15) is 37.7 Å². The summed E-state index contributed by atoms with van der Waals surface area (Å²) in [6.45, 7) is -0.0254. The van der Waals surface area contributed by atoms with Crippen LogP contribution in [0.2, 0.25) is 0 Å². The lowest BCUT2D eigenvalue weighted by Gasteiger charge is -2.25. The molecule has 0 aromatic heterocycles. The predicted octanol–water partition coefficient (Wildman–Crippen LogP) is 2.58. The lowest BCUT2D eigenvalue weighted by molar-refractivity contribution is -0.163. The molecule has 1 aliphatic carbocycles. The first-order chi connectivity index (χ1) is 10.6. The third kappa shape index (κ3) is 4.16. The molecular weight excluding hydrogens is 284 g/mol. The Kier molecular flexibility index (Phi) is 5.69. The number of hydrogen-bond donors (Lipinski definition) is 1. The Hall–Kier alpha value is -2.17. The van der Waals surface area contributed by atoms with Crippen molar-refractivity contribution >= 4 is 17.7 Å². The summed E-state index contributed by atoms with van der Waals surface area (Å²) in [5, 5.41) is 9.30. The number of hydrogen-bond acceptors (Lipinski definition) is 4. The molecule has 5 heteroatoms. The average Bonchev–Trinajstić information content (AvgIpc) is 2.54. The minimum Gasteiger partial charge on any atom is -0.481 e. The first kappa shape index (κ1) is 16.2. The van der Waals surface area contributed by atoms with Crippen LogP contribution in [0.25, 0.3) is 0 Å². The summed E-state index contributed by atoms with van der Waals surface area (Å²) in [5.74, 6) is -4.75. The fraction of sp³-hybridized carbons (Fsp3) is 0.471. The molecular formula is C17H20O5. The van der Waals surface area contributed by atoms with E-state index in [1.165, 1.54) is 0 Å². The van der Waals surface area contributed by atoms with Crippen molar-refractivity contribution in [3.63, 3.8) is 0 Å². The molecule has 118 valence electrons. The van der Waals surface area contributed by atoms with Gasteiger partial charge in [-0.15, -0.1) is 0 Å². The third-order valence-electron chi connectivity index (χ3n) is 4.08. The van der Waals surface area contributed by atoms with Gasteiger partial charge < -0.3 is 9.84 Å². The van der Waals surface area contributed by atoms with Crippen LogP contribution >= 0.6 is 0 Å². The van der Waals surface area contributed by atoms with Gasteiger partial charge in [0.1, 0.15) is 12.5 Å². The molecule has 0 unspecified atom stereocenters. The smallest absolute Gasteiger partial charge is 0.375 e. The van der Waals surface area contributed by atoms with E-state index in [0.717, 1.165) is 24.8 Å². The van der Waals surface area contributed by atoms with Gasteiger partial charge in [-0.3, -0.25) is 9.59 Å². The normalized spacial score (nSPS) is 16.7. The Morgan fingerprint density at radius 2 is 1.73 bits per heavy atom. The van der Waals surface area contributed by atoms with Gasteiger partial charge in [0.2, 0.25) is 0 Å². The van der Waals surface area contributed by atoms with Crippen LogP contribution in [0.5, 0.6) is 0 Å². The fourth-order valence-electron chi connectivity index (χ4n) is 2.92. The van der Waals surface area contributed by atoms with Crippen LogP contribution in [0, 0.1) is 11.8 Å².